The number of carbonyl (C=O) groups is 1. The van der Waals surface area contributed by atoms with Gasteiger partial charge in [0.2, 0.25) is 5.91 Å². The van der Waals surface area contributed by atoms with Crippen molar-refractivity contribution in [1.82, 2.24) is 4.90 Å². The van der Waals surface area contributed by atoms with Crippen LogP contribution < -0.4 is 9.47 Å². The van der Waals surface area contributed by atoms with Crippen molar-refractivity contribution < 1.29 is 14.3 Å². The average molecular weight is 310 g/mol. The number of fused-ring (bicyclic) bond motifs is 1. The SMILES string of the molecule is CC(C1CC1)N(C)C(=O)Cc1cc(Cl)c2c(c1)OCCO2. The molecule has 0 spiro atoms. The molecule has 21 heavy (non-hydrogen) atoms. The van der Waals surface area contributed by atoms with Gasteiger partial charge in [-0.2, -0.15) is 0 Å². The van der Waals surface area contributed by atoms with E-state index in [1.165, 1.54) is 12.8 Å². The monoisotopic (exact) mass is 309 g/mol. The van der Waals surface area contributed by atoms with Gasteiger partial charge < -0.3 is 14.4 Å². The Hall–Kier alpha value is -1.42. The fraction of sp³-hybridized carbons (Fsp3) is 0.562. The highest BCUT2D eigenvalue weighted by Crippen LogP contribution is 2.39. The summed E-state index contributed by atoms with van der Waals surface area (Å²) in [4.78, 5) is 14.2. The highest BCUT2D eigenvalue weighted by molar-refractivity contribution is 6.32. The van der Waals surface area contributed by atoms with E-state index < -0.39 is 0 Å². The van der Waals surface area contributed by atoms with Crippen molar-refractivity contribution in [3.05, 3.63) is 22.7 Å². The van der Waals surface area contributed by atoms with Gasteiger partial charge in [0.25, 0.3) is 0 Å². The van der Waals surface area contributed by atoms with Gasteiger partial charge in [-0.25, -0.2) is 0 Å². The summed E-state index contributed by atoms with van der Waals surface area (Å²) in [7, 11) is 1.88. The Labute approximate surface area is 130 Å². The number of amides is 1. The third-order valence-electron chi connectivity index (χ3n) is 4.32. The van der Waals surface area contributed by atoms with Crippen LogP contribution in [0.3, 0.4) is 0 Å². The van der Waals surface area contributed by atoms with E-state index in [9.17, 15) is 4.79 Å². The Balaban J connectivity index is 1.72. The van der Waals surface area contributed by atoms with Crippen molar-refractivity contribution in [2.24, 2.45) is 5.92 Å². The van der Waals surface area contributed by atoms with Crippen LogP contribution >= 0.6 is 11.6 Å². The second-order valence-corrected chi connectivity index (χ2v) is 6.27. The standard InChI is InChI=1S/C16H20ClNO3/c1-10(12-3-4-12)18(2)15(19)9-11-7-13(17)16-14(8-11)20-5-6-21-16/h7-8,10,12H,3-6,9H2,1-2H3. The number of carbonyl (C=O) groups excluding carboxylic acids is 1. The molecular weight excluding hydrogens is 290 g/mol. The average Bonchev–Trinajstić information content (AvgIpc) is 3.30. The first-order chi connectivity index (χ1) is 10.1. The molecule has 0 aromatic heterocycles. The molecule has 4 nitrogen and oxygen atoms in total. The number of benzene rings is 1. The third-order valence-corrected chi connectivity index (χ3v) is 4.60. The minimum Gasteiger partial charge on any atom is -0.486 e. The lowest BCUT2D eigenvalue weighted by molar-refractivity contribution is -0.131. The summed E-state index contributed by atoms with van der Waals surface area (Å²) >= 11 is 6.20. The van der Waals surface area contributed by atoms with Gasteiger partial charge in [0.15, 0.2) is 11.5 Å². The summed E-state index contributed by atoms with van der Waals surface area (Å²) in [6.07, 6.45) is 2.80. The molecule has 2 aliphatic rings. The van der Waals surface area contributed by atoms with Gasteiger partial charge in [0.05, 0.1) is 11.4 Å². The first-order valence-corrected chi connectivity index (χ1v) is 7.77. The zero-order chi connectivity index (χ0) is 15.0. The number of nitrogens with zero attached hydrogens (tertiary/aromatic N) is 1. The molecule has 1 atom stereocenters. The predicted molar refractivity (Wildman–Crippen MR) is 81.1 cm³/mol. The first-order valence-electron chi connectivity index (χ1n) is 7.40. The molecule has 0 radical (unpaired) electrons. The summed E-state index contributed by atoms with van der Waals surface area (Å²) < 4.78 is 11.0. The molecule has 5 heteroatoms. The van der Waals surface area contributed by atoms with Crippen LogP contribution in [0.5, 0.6) is 11.5 Å². The Morgan fingerprint density at radius 2 is 2.10 bits per heavy atom. The van der Waals surface area contributed by atoms with Gasteiger partial charge in [0, 0.05) is 13.1 Å². The summed E-state index contributed by atoms with van der Waals surface area (Å²) in [6, 6.07) is 3.96. The molecule has 114 valence electrons. The van der Waals surface area contributed by atoms with Gasteiger partial charge in [-0.3, -0.25) is 4.79 Å². The molecule has 1 heterocycles. The van der Waals surface area contributed by atoms with E-state index in [4.69, 9.17) is 21.1 Å². The van der Waals surface area contributed by atoms with Crippen LogP contribution in [-0.2, 0) is 11.2 Å². The molecule has 1 aromatic rings. The van der Waals surface area contributed by atoms with E-state index in [-0.39, 0.29) is 5.91 Å². The predicted octanol–water partition coefficient (Wildman–Crippen LogP) is 2.91. The van der Waals surface area contributed by atoms with Gasteiger partial charge in [0.1, 0.15) is 13.2 Å². The van der Waals surface area contributed by atoms with Gasteiger partial charge >= 0.3 is 0 Å². The molecule has 1 fully saturated rings. The fourth-order valence-electron chi connectivity index (χ4n) is 2.69. The number of ether oxygens (including phenoxy) is 2. The van der Waals surface area contributed by atoms with E-state index in [0.717, 1.165) is 5.56 Å². The lowest BCUT2D eigenvalue weighted by atomic mass is 10.1. The fourth-order valence-corrected chi connectivity index (χ4v) is 2.98. The highest BCUT2D eigenvalue weighted by atomic mass is 35.5. The zero-order valence-corrected chi connectivity index (χ0v) is 13.2. The molecule has 0 N–H and O–H groups in total. The van der Waals surface area contributed by atoms with Gasteiger partial charge in [-0.05, 0) is 43.4 Å². The lowest BCUT2D eigenvalue weighted by Crippen LogP contribution is -2.37. The van der Waals surface area contributed by atoms with E-state index in [0.29, 0.717) is 48.1 Å². The Morgan fingerprint density at radius 1 is 1.38 bits per heavy atom. The molecule has 1 aliphatic heterocycles. The first kappa shape index (κ1) is 14.5. The normalized spacial score (nSPS) is 18.2. The molecule has 0 bridgehead atoms. The second-order valence-electron chi connectivity index (χ2n) is 5.86. The summed E-state index contributed by atoms with van der Waals surface area (Å²) in [5.74, 6) is 2.00. The molecule has 1 aliphatic carbocycles. The maximum Gasteiger partial charge on any atom is 0.226 e. The van der Waals surface area contributed by atoms with Crippen molar-refractivity contribution >= 4 is 17.5 Å². The Bertz CT molecular complexity index is 557. The smallest absolute Gasteiger partial charge is 0.226 e. The molecule has 1 aromatic carbocycles. The van der Waals surface area contributed by atoms with Crippen molar-refractivity contribution in [1.29, 1.82) is 0 Å². The van der Waals surface area contributed by atoms with E-state index >= 15 is 0 Å². The van der Waals surface area contributed by atoms with Crippen LogP contribution in [0, 0.1) is 5.92 Å². The second kappa shape index (κ2) is 5.76. The van der Waals surface area contributed by atoms with Crippen molar-refractivity contribution in [2.75, 3.05) is 20.3 Å². The van der Waals surface area contributed by atoms with Crippen LogP contribution in [-0.4, -0.2) is 37.1 Å². The quantitative estimate of drug-likeness (QED) is 0.858. The van der Waals surface area contributed by atoms with Crippen LogP contribution in [0.2, 0.25) is 5.02 Å². The summed E-state index contributed by atoms with van der Waals surface area (Å²) in [5, 5.41) is 0.507. The molecular formula is C16H20ClNO3. The molecule has 0 saturated heterocycles. The van der Waals surface area contributed by atoms with Gasteiger partial charge in [-0.1, -0.05) is 11.6 Å². The number of likely N-dealkylation sites (N-methyl/N-ethyl adjacent to an activating group) is 1. The Kier molecular flexibility index (Phi) is 3.98. The highest BCUT2D eigenvalue weighted by Gasteiger charge is 2.32. The summed E-state index contributed by atoms with van der Waals surface area (Å²) in [6.45, 7) is 3.14. The minimum atomic E-state index is 0.113. The molecule has 1 unspecified atom stereocenters. The zero-order valence-electron chi connectivity index (χ0n) is 12.4. The molecule has 1 amide bonds. The topological polar surface area (TPSA) is 38.8 Å². The van der Waals surface area contributed by atoms with Crippen LogP contribution in [0.1, 0.15) is 25.3 Å². The lowest BCUT2D eigenvalue weighted by Gasteiger charge is -2.25. The van der Waals surface area contributed by atoms with Crippen LogP contribution in [0.25, 0.3) is 0 Å². The Morgan fingerprint density at radius 3 is 2.81 bits per heavy atom. The number of rotatable bonds is 4. The van der Waals surface area contributed by atoms with Crippen molar-refractivity contribution in [2.45, 2.75) is 32.2 Å². The molecule has 1 saturated carbocycles. The van der Waals surface area contributed by atoms with Crippen molar-refractivity contribution in [3.8, 4) is 11.5 Å². The van der Waals surface area contributed by atoms with Crippen molar-refractivity contribution in [3.63, 3.8) is 0 Å². The number of hydrogen-bond acceptors (Lipinski definition) is 3. The number of halogens is 1. The van der Waals surface area contributed by atoms with Crippen LogP contribution in [0.15, 0.2) is 12.1 Å². The summed E-state index contributed by atoms with van der Waals surface area (Å²) in [5.41, 5.74) is 0.865. The van der Waals surface area contributed by atoms with E-state index in [2.05, 4.69) is 6.92 Å². The maximum atomic E-state index is 12.4. The number of hydrogen-bond donors (Lipinski definition) is 0. The van der Waals surface area contributed by atoms with Crippen LogP contribution in [0.4, 0.5) is 0 Å². The maximum absolute atomic E-state index is 12.4. The third kappa shape index (κ3) is 3.10. The molecule has 3 rings (SSSR count). The minimum absolute atomic E-state index is 0.113. The van der Waals surface area contributed by atoms with E-state index in [1.807, 2.05) is 18.0 Å². The van der Waals surface area contributed by atoms with E-state index in [1.54, 1.807) is 6.07 Å². The largest absolute Gasteiger partial charge is 0.486 e. The van der Waals surface area contributed by atoms with Gasteiger partial charge in [-0.15, -0.1) is 0 Å².